The average Bonchev–Trinajstić information content (AvgIpc) is 3.17. The number of rotatable bonds is 6. The molecule has 3 rings (SSSR count). The maximum atomic E-state index is 12.6. The fourth-order valence-corrected chi connectivity index (χ4v) is 3.28. The predicted molar refractivity (Wildman–Crippen MR) is 89.2 cm³/mol. The van der Waals surface area contributed by atoms with Gasteiger partial charge in [0.15, 0.2) is 5.71 Å². The monoisotopic (exact) mass is 317 g/mol. The molecule has 1 aromatic rings. The predicted octanol–water partition coefficient (Wildman–Crippen LogP) is 1.88. The van der Waals surface area contributed by atoms with Gasteiger partial charge in [0.1, 0.15) is 12.9 Å². The summed E-state index contributed by atoms with van der Waals surface area (Å²) < 4.78 is 5.25. The van der Waals surface area contributed by atoms with E-state index in [0.717, 1.165) is 24.2 Å². The van der Waals surface area contributed by atoms with E-state index in [4.69, 9.17) is 9.57 Å². The van der Waals surface area contributed by atoms with E-state index in [0.29, 0.717) is 18.0 Å². The third kappa shape index (κ3) is 3.17. The number of fused-ring (bicyclic) bond motifs is 1. The van der Waals surface area contributed by atoms with E-state index in [2.05, 4.69) is 10.1 Å². The molecule has 1 aromatic carbocycles. The van der Waals surface area contributed by atoms with Crippen molar-refractivity contribution in [2.45, 2.75) is 19.3 Å². The highest BCUT2D eigenvalue weighted by Gasteiger charge is 2.34. The van der Waals surface area contributed by atoms with Gasteiger partial charge in [-0.1, -0.05) is 5.16 Å². The number of ether oxygens (including phenoxy) is 1. The third-order valence-electron chi connectivity index (χ3n) is 4.43. The van der Waals surface area contributed by atoms with E-state index in [-0.39, 0.29) is 5.91 Å². The Hall–Kier alpha value is -2.08. The lowest BCUT2D eigenvalue weighted by Gasteiger charge is -2.19. The van der Waals surface area contributed by atoms with Gasteiger partial charge in [0.2, 0.25) is 0 Å². The van der Waals surface area contributed by atoms with Crippen LogP contribution < -0.4 is 9.64 Å². The molecule has 6 heteroatoms. The van der Waals surface area contributed by atoms with Crippen LogP contribution in [0.5, 0.6) is 5.75 Å². The number of carbonyl (C=O) groups is 1. The fraction of sp³-hybridized carbons (Fsp3) is 0.529. The first kappa shape index (κ1) is 15.8. The van der Waals surface area contributed by atoms with Gasteiger partial charge in [-0.2, -0.15) is 0 Å². The summed E-state index contributed by atoms with van der Waals surface area (Å²) in [4.78, 5) is 21.7. The van der Waals surface area contributed by atoms with Gasteiger partial charge >= 0.3 is 0 Å². The molecule has 1 fully saturated rings. The van der Waals surface area contributed by atoms with Gasteiger partial charge in [-0.05, 0) is 57.1 Å². The summed E-state index contributed by atoms with van der Waals surface area (Å²) in [6.45, 7) is 4.08. The summed E-state index contributed by atoms with van der Waals surface area (Å²) in [7, 11) is 3.07. The zero-order valence-corrected chi connectivity index (χ0v) is 13.7. The van der Waals surface area contributed by atoms with Crippen molar-refractivity contribution < 1.29 is 14.4 Å². The number of carbonyl (C=O) groups excluding carboxylic acids is 1. The summed E-state index contributed by atoms with van der Waals surface area (Å²) in [5.74, 6) is 0.607. The maximum Gasteiger partial charge on any atom is 0.281 e. The first-order valence-electron chi connectivity index (χ1n) is 8.08. The molecular weight excluding hydrogens is 294 g/mol. The van der Waals surface area contributed by atoms with Gasteiger partial charge in [-0.3, -0.25) is 4.79 Å². The Morgan fingerprint density at radius 2 is 1.96 bits per heavy atom. The van der Waals surface area contributed by atoms with Crippen molar-refractivity contribution >= 4 is 17.3 Å². The minimum atomic E-state index is -0.100. The van der Waals surface area contributed by atoms with Gasteiger partial charge in [0.25, 0.3) is 5.91 Å². The van der Waals surface area contributed by atoms with Crippen LogP contribution in [-0.2, 0) is 9.63 Å². The number of nitrogens with zero attached hydrogens (tertiary/aromatic N) is 3. The van der Waals surface area contributed by atoms with E-state index in [1.165, 1.54) is 33.0 Å². The number of likely N-dealkylation sites (tertiary alicyclic amines) is 1. The fourth-order valence-electron chi connectivity index (χ4n) is 3.28. The van der Waals surface area contributed by atoms with Crippen LogP contribution in [-0.4, -0.2) is 56.9 Å². The second-order valence-corrected chi connectivity index (χ2v) is 5.86. The Labute approximate surface area is 136 Å². The Balaban J connectivity index is 1.75. The van der Waals surface area contributed by atoms with Crippen LogP contribution >= 0.6 is 0 Å². The van der Waals surface area contributed by atoms with Crippen LogP contribution in [0.2, 0.25) is 0 Å². The second-order valence-electron chi connectivity index (χ2n) is 5.86. The largest absolute Gasteiger partial charge is 0.497 e. The van der Waals surface area contributed by atoms with E-state index in [1.54, 1.807) is 12.0 Å². The topological polar surface area (TPSA) is 54.4 Å². The summed E-state index contributed by atoms with van der Waals surface area (Å²) >= 11 is 0. The van der Waals surface area contributed by atoms with Gasteiger partial charge in [0, 0.05) is 12.1 Å². The molecule has 2 aliphatic rings. The molecule has 1 saturated heterocycles. The molecule has 6 nitrogen and oxygen atoms in total. The SMILES string of the molecule is CO/N=C1\C(=O)N(CCCN2CCCC2)c2ccc(OC)cc21. The van der Waals surface area contributed by atoms with Crippen molar-refractivity contribution in [3.8, 4) is 5.75 Å². The molecule has 0 bridgehead atoms. The quantitative estimate of drug-likeness (QED) is 0.752. The zero-order valence-electron chi connectivity index (χ0n) is 13.7. The number of oxime groups is 1. The van der Waals surface area contributed by atoms with Crippen molar-refractivity contribution in [2.75, 3.05) is 45.3 Å². The minimum Gasteiger partial charge on any atom is -0.497 e. The van der Waals surface area contributed by atoms with E-state index in [1.807, 2.05) is 18.2 Å². The Bertz CT molecular complexity index is 609. The average molecular weight is 317 g/mol. The normalized spacial score (nSPS) is 19.5. The molecule has 0 N–H and O–H groups in total. The maximum absolute atomic E-state index is 12.6. The van der Waals surface area contributed by atoms with Crippen molar-refractivity contribution in [2.24, 2.45) is 5.16 Å². The number of hydrogen-bond donors (Lipinski definition) is 0. The van der Waals surface area contributed by atoms with Crippen molar-refractivity contribution in [1.82, 2.24) is 4.90 Å². The lowest BCUT2D eigenvalue weighted by atomic mass is 10.1. The highest BCUT2D eigenvalue weighted by atomic mass is 16.6. The number of amides is 1. The Morgan fingerprint density at radius 1 is 1.17 bits per heavy atom. The van der Waals surface area contributed by atoms with Gasteiger partial charge in [-0.15, -0.1) is 0 Å². The molecule has 2 heterocycles. The van der Waals surface area contributed by atoms with E-state index in [9.17, 15) is 4.79 Å². The smallest absolute Gasteiger partial charge is 0.281 e. The summed E-state index contributed by atoms with van der Waals surface area (Å²) in [5.41, 5.74) is 2.01. The minimum absolute atomic E-state index is 0.100. The summed E-state index contributed by atoms with van der Waals surface area (Å²) in [5, 5.41) is 3.92. The molecule has 0 aliphatic carbocycles. The van der Waals surface area contributed by atoms with Crippen molar-refractivity contribution in [3.63, 3.8) is 0 Å². The number of hydrogen-bond acceptors (Lipinski definition) is 5. The molecule has 2 aliphatic heterocycles. The number of benzene rings is 1. The van der Waals surface area contributed by atoms with Crippen LogP contribution in [0.1, 0.15) is 24.8 Å². The molecule has 0 unspecified atom stereocenters. The lowest BCUT2D eigenvalue weighted by molar-refractivity contribution is -0.112. The summed E-state index contributed by atoms with van der Waals surface area (Å²) in [6.07, 6.45) is 3.53. The Kier molecular flexibility index (Phi) is 4.81. The molecule has 23 heavy (non-hydrogen) atoms. The second kappa shape index (κ2) is 7.00. The van der Waals surface area contributed by atoms with Crippen LogP contribution in [0.25, 0.3) is 0 Å². The molecule has 0 aromatic heterocycles. The third-order valence-corrected chi connectivity index (χ3v) is 4.43. The van der Waals surface area contributed by atoms with E-state index < -0.39 is 0 Å². The zero-order chi connectivity index (χ0) is 16.2. The molecule has 0 saturated carbocycles. The first-order chi connectivity index (χ1) is 11.2. The van der Waals surface area contributed by atoms with Gasteiger partial charge < -0.3 is 19.4 Å². The van der Waals surface area contributed by atoms with Crippen LogP contribution in [0.15, 0.2) is 23.4 Å². The lowest BCUT2D eigenvalue weighted by Crippen LogP contribution is -2.33. The molecule has 0 radical (unpaired) electrons. The Morgan fingerprint density at radius 3 is 2.65 bits per heavy atom. The van der Waals surface area contributed by atoms with Crippen molar-refractivity contribution in [3.05, 3.63) is 23.8 Å². The van der Waals surface area contributed by atoms with Gasteiger partial charge in [0.05, 0.1) is 12.8 Å². The van der Waals surface area contributed by atoms with Crippen molar-refractivity contribution in [1.29, 1.82) is 0 Å². The number of anilines is 1. The van der Waals surface area contributed by atoms with Gasteiger partial charge in [-0.25, -0.2) is 0 Å². The molecule has 0 atom stereocenters. The highest BCUT2D eigenvalue weighted by molar-refractivity contribution is 6.54. The molecule has 1 amide bonds. The van der Waals surface area contributed by atoms with Crippen LogP contribution in [0, 0.1) is 0 Å². The molecular formula is C17H23N3O3. The van der Waals surface area contributed by atoms with Crippen LogP contribution in [0.4, 0.5) is 5.69 Å². The molecule has 0 spiro atoms. The standard InChI is InChI=1S/C17H23N3O3/c1-22-13-6-7-15-14(12-13)16(18-23-2)17(21)20(15)11-5-10-19-8-3-4-9-19/h6-7,12H,3-5,8-11H2,1-2H3/b18-16-. The number of methoxy groups -OCH3 is 1. The highest BCUT2D eigenvalue weighted by Crippen LogP contribution is 2.32. The van der Waals surface area contributed by atoms with E-state index >= 15 is 0 Å². The van der Waals surface area contributed by atoms with Crippen LogP contribution in [0.3, 0.4) is 0 Å². The summed E-state index contributed by atoms with van der Waals surface area (Å²) in [6, 6.07) is 5.63. The molecule has 124 valence electrons. The first-order valence-corrected chi connectivity index (χ1v) is 8.08.